The Kier molecular flexibility index (Phi) is 5.01. The van der Waals surface area contributed by atoms with Crippen LogP contribution < -0.4 is 0 Å². The molecule has 1 heterocycles. The van der Waals surface area contributed by atoms with Crippen LogP contribution in [0.15, 0.2) is 109 Å². The Bertz CT molecular complexity index is 1190. The molecule has 1 atom stereocenters. The minimum atomic E-state index is 0.454. The minimum Gasteiger partial charge on any atom is -0.217 e. The van der Waals surface area contributed by atoms with E-state index in [9.17, 15) is 0 Å². The Morgan fingerprint density at radius 2 is 1.23 bits per heavy atom. The fraction of sp³-hybridized carbons (Fsp3) is 0.0741. The van der Waals surface area contributed by atoms with E-state index < -0.39 is 0 Å². The van der Waals surface area contributed by atoms with Gasteiger partial charge in [-0.25, -0.2) is 15.0 Å². The van der Waals surface area contributed by atoms with E-state index in [4.69, 9.17) is 0 Å². The molecule has 0 amide bonds. The Morgan fingerprint density at radius 3 is 1.87 bits per heavy atom. The lowest BCUT2D eigenvalue weighted by Gasteiger charge is -2.17. The van der Waals surface area contributed by atoms with Crippen LogP contribution in [0.2, 0.25) is 0 Å². The molecule has 0 N–H and O–H groups in total. The van der Waals surface area contributed by atoms with E-state index in [0.717, 1.165) is 17.5 Å². The molecule has 3 heteroatoms. The summed E-state index contributed by atoms with van der Waals surface area (Å²) in [7, 11) is 0. The minimum absolute atomic E-state index is 0.454. The van der Waals surface area contributed by atoms with Gasteiger partial charge in [-0.05, 0) is 23.1 Å². The van der Waals surface area contributed by atoms with E-state index >= 15 is 0 Å². The number of rotatable bonds is 4. The van der Waals surface area contributed by atoms with Gasteiger partial charge in [0.05, 0.1) is 0 Å². The zero-order chi connectivity index (χ0) is 20.2. The van der Waals surface area contributed by atoms with Crippen molar-refractivity contribution in [1.29, 1.82) is 0 Å². The van der Waals surface area contributed by atoms with Gasteiger partial charge in [-0.2, -0.15) is 0 Å². The number of aromatic nitrogens is 3. The Hall–Kier alpha value is -3.85. The van der Waals surface area contributed by atoms with Crippen LogP contribution in [0.4, 0.5) is 0 Å². The SMILES string of the molecule is C1=CC(c2ccccc2)CC=C1c1ccc(-c2ncnc(-c3ccccc3)n2)cc1. The van der Waals surface area contributed by atoms with Crippen molar-refractivity contribution in [2.45, 2.75) is 12.3 Å². The number of allylic oxidation sites excluding steroid dienone is 4. The lowest BCUT2D eigenvalue weighted by atomic mass is 9.88. The summed E-state index contributed by atoms with van der Waals surface area (Å²) in [6.45, 7) is 0. The quantitative estimate of drug-likeness (QED) is 0.410. The highest BCUT2D eigenvalue weighted by Gasteiger charge is 2.12. The molecular formula is C27H21N3. The lowest BCUT2D eigenvalue weighted by molar-refractivity contribution is 0.856. The van der Waals surface area contributed by atoms with Gasteiger partial charge in [0.1, 0.15) is 6.33 Å². The van der Waals surface area contributed by atoms with Gasteiger partial charge < -0.3 is 0 Å². The predicted octanol–water partition coefficient (Wildman–Crippen LogP) is 6.33. The van der Waals surface area contributed by atoms with Crippen LogP contribution in [0.5, 0.6) is 0 Å². The van der Waals surface area contributed by atoms with Crippen molar-refractivity contribution >= 4 is 5.57 Å². The number of benzene rings is 3. The summed E-state index contributed by atoms with van der Waals surface area (Å²) >= 11 is 0. The molecule has 0 saturated heterocycles. The molecule has 0 aliphatic heterocycles. The molecule has 0 fully saturated rings. The molecule has 30 heavy (non-hydrogen) atoms. The van der Waals surface area contributed by atoms with Crippen molar-refractivity contribution < 1.29 is 0 Å². The van der Waals surface area contributed by atoms with Crippen LogP contribution in [0.1, 0.15) is 23.5 Å². The first-order valence-corrected chi connectivity index (χ1v) is 10.2. The molecule has 1 aromatic heterocycles. The fourth-order valence-electron chi connectivity index (χ4n) is 3.76. The first kappa shape index (κ1) is 18.2. The normalized spacial score (nSPS) is 15.6. The molecule has 0 spiro atoms. The summed E-state index contributed by atoms with van der Waals surface area (Å²) in [5.74, 6) is 1.83. The molecule has 0 radical (unpaired) electrons. The van der Waals surface area contributed by atoms with Crippen molar-refractivity contribution in [3.05, 3.63) is 121 Å². The molecular weight excluding hydrogens is 366 g/mol. The van der Waals surface area contributed by atoms with E-state index in [1.54, 1.807) is 6.33 Å². The number of hydrogen-bond acceptors (Lipinski definition) is 3. The number of hydrogen-bond donors (Lipinski definition) is 0. The highest BCUT2D eigenvalue weighted by molar-refractivity contribution is 5.76. The van der Waals surface area contributed by atoms with Crippen LogP contribution in [-0.4, -0.2) is 15.0 Å². The van der Waals surface area contributed by atoms with Crippen LogP contribution in [0.25, 0.3) is 28.3 Å². The summed E-state index contributed by atoms with van der Waals surface area (Å²) in [4.78, 5) is 13.3. The monoisotopic (exact) mass is 387 g/mol. The molecule has 0 bridgehead atoms. The molecule has 0 saturated carbocycles. The summed E-state index contributed by atoms with van der Waals surface area (Å²) in [6.07, 6.45) is 9.45. The largest absolute Gasteiger partial charge is 0.217 e. The van der Waals surface area contributed by atoms with E-state index in [0.29, 0.717) is 17.6 Å². The average molecular weight is 387 g/mol. The second-order valence-electron chi connectivity index (χ2n) is 7.35. The predicted molar refractivity (Wildman–Crippen MR) is 122 cm³/mol. The van der Waals surface area contributed by atoms with Crippen LogP contribution in [0.3, 0.4) is 0 Å². The van der Waals surface area contributed by atoms with Gasteiger partial charge in [0.15, 0.2) is 11.6 Å². The summed E-state index contributed by atoms with van der Waals surface area (Å²) in [5.41, 5.74) is 5.81. The third-order valence-electron chi connectivity index (χ3n) is 5.41. The van der Waals surface area contributed by atoms with Crippen molar-refractivity contribution in [1.82, 2.24) is 15.0 Å². The maximum absolute atomic E-state index is 4.65. The highest BCUT2D eigenvalue weighted by Crippen LogP contribution is 2.31. The zero-order valence-corrected chi connectivity index (χ0v) is 16.5. The maximum Gasteiger partial charge on any atom is 0.163 e. The molecule has 1 unspecified atom stereocenters. The van der Waals surface area contributed by atoms with Crippen LogP contribution >= 0.6 is 0 Å². The second-order valence-corrected chi connectivity index (χ2v) is 7.35. The topological polar surface area (TPSA) is 38.7 Å². The molecule has 5 rings (SSSR count). The van der Waals surface area contributed by atoms with E-state index in [1.807, 2.05) is 30.3 Å². The van der Waals surface area contributed by atoms with Gasteiger partial charge in [-0.3, -0.25) is 0 Å². The molecule has 4 aromatic rings. The summed E-state index contributed by atoms with van der Waals surface area (Å²) in [6, 6.07) is 29.1. The Morgan fingerprint density at radius 1 is 0.633 bits per heavy atom. The van der Waals surface area contributed by atoms with Crippen LogP contribution in [-0.2, 0) is 0 Å². The van der Waals surface area contributed by atoms with E-state index in [1.165, 1.54) is 16.7 Å². The second kappa shape index (κ2) is 8.26. The van der Waals surface area contributed by atoms with Gasteiger partial charge in [0.2, 0.25) is 0 Å². The average Bonchev–Trinajstić information content (AvgIpc) is 2.85. The van der Waals surface area contributed by atoms with Crippen molar-refractivity contribution in [2.24, 2.45) is 0 Å². The maximum atomic E-state index is 4.65. The smallest absolute Gasteiger partial charge is 0.163 e. The van der Waals surface area contributed by atoms with Crippen molar-refractivity contribution in [3.63, 3.8) is 0 Å². The molecule has 1 aliphatic rings. The summed E-state index contributed by atoms with van der Waals surface area (Å²) < 4.78 is 0. The fourth-order valence-corrected chi connectivity index (χ4v) is 3.76. The van der Waals surface area contributed by atoms with Gasteiger partial charge in [-0.15, -0.1) is 0 Å². The zero-order valence-electron chi connectivity index (χ0n) is 16.5. The molecule has 3 aromatic carbocycles. The van der Waals surface area contributed by atoms with Gasteiger partial charge in [-0.1, -0.05) is 103 Å². The third kappa shape index (κ3) is 3.83. The van der Waals surface area contributed by atoms with Crippen LogP contribution in [0, 0.1) is 0 Å². The lowest BCUT2D eigenvalue weighted by Crippen LogP contribution is -1.98. The Balaban J connectivity index is 1.34. The van der Waals surface area contributed by atoms with Gasteiger partial charge >= 0.3 is 0 Å². The Labute approximate surface area is 176 Å². The first-order valence-electron chi connectivity index (χ1n) is 10.2. The highest BCUT2D eigenvalue weighted by atomic mass is 15.0. The molecule has 1 aliphatic carbocycles. The summed E-state index contributed by atoms with van der Waals surface area (Å²) in [5, 5.41) is 0. The molecule has 144 valence electrons. The van der Waals surface area contributed by atoms with Crippen molar-refractivity contribution in [2.75, 3.05) is 0 Å². The van der Waals surface area contributed by atoms with Crippen molar-refractivity contribution in [3.8, 4) is 22.8 Å². The standard InChI is InChI=1S/C27H21N3/c1-3-7-20(8-4-1)21-11-13-22(14-12-21)23-15-17-25(18-16-23)27-29-19-28-26(30-27)24-9-5-2-6-10-24/h1-11,13-19,21H,12H2. The van der Waals surface area contributed by atoms with E-state index in [2.05, 4.69) is 87.8 Å². The number of nitrogens with zero attached hydrogens (tertiary/aromatic N) is 3. The van der Waals surface area contributed by atoms with Gasteiger partial charge in [0, 0.05) is 17.0 Å². The first-order chi connectivity index (χ1) is 14.9. The van der Waals surface area contributed by atoms with E-state index in [-0.39, 0.29) is 0 Å². The van der Waals surface area contributed by atoms with Gasteiger partial charge in [0.25, 0.3) is 0 Å². The molecule has 3 nitrogen and oxygen atoms in total. The third-order valence-corrected chi connectivity index (χ3v) is 5.41.